The summed E-state index contributed by atoms with van der Waals surface area (Å²) in [7, 11) is -4.32. The van der Waals surface area contributed by atoms with Gasteiger partial charge >= 0.3 is 0 Å². The molecule has 0 saturated heterocycles. The molecule has 1 unspecified atom stereocenters. The Bertz CT molecular complexity index is 994. The van der Waals surface area contributed by atoms with Crippen molar-refractivity contribution >= 4 is 33.0 Å². The van der Waals surface area contributed by atoms with Crippen molar-refractivity contribution in [3.8, 4) is 5.75 Å². The average molecular weight is 423 g/mol. The van der Waals surface area contributed by atoms with E-state index in [4.69, 9.17) is 0 Å². The minimum absolute atomic E-state index is 0.102. The zero-order chi connectivity index (χ0) is 21.6. The monoisotopic (exact) mass is 423 g/mol. The molecular formula is C17H21N5O6S. The predicted octanol–water partition coefficient (Wildman–Crippen LogP) is 3.95. The number of phenolic OH excluding ortho intramolecular Hbond substituents is 1. The van der Waals surface area contributed by atoms with Crippen LogP contribution < -0.4 is 4.90 Å². The number of hydrogen-bond acceptors (Lipinski definition) is 9. The molecule has 1 aromatic heterocycles. The van der Waals surface area contributed by atoms with Crippen molar-refractivity contribution in [3.63, 3.8) is 0 Å². The van der Waals surface area contributed by atoms with Gasteiger partial charge in [-0.2, -0.15) is 8.42 Å². The molecule has 29 heavy (non-hydrogen) atoms. The number of nitrogens with zero attached hydrogens (tertiary/aromatic N) is 5. The highest BCUT2D eigenvalue weighted by Crippen LogP contribution is 2.34. The maximum atomic E-state index is 11.7. The van der Waals surface area contributed by atoms with Crippen molar-refractivity contribution < 1.29 is 23.0 Å². The smallest absolute Gasteiger partial charge is 0.287 e. The first-order chi connectivity index (χ1) is 13.7. The van der Waals surface area contributed by atoms with Gasteiger partial charge in [0.25, 0.3) is 15.8 Å². The molecule has 0 bridgehead atoms. The highest BCUT2D eigenvalue weighted by atomic mass is 32.2. The van der Waals surface area contributed by atoms with E-state index in [1.807, 2.05) is 6.92 Å². The molecule has 2 aromatic rings. The highest BCUT2D eigenvalue weighted by molar-refractivity contribution is 7.86. The number of pyridine rings is 1. The number of aromatic nitrogens is 1. The lowest BCUT2D eigenvalue weighted by Crippen LogP contribution is -2.41. The van der Waals surface area contributed by atoms with Crippen LogP contribution >= 0.6 is 0 Å². The van der Waals surface area contributed by atoms with Crippen molar-refractivity contribution in [2.24, 2.45) is 10.2 Å². The molecule has 1 heterocycles. The van der Waals surface area contributed by atoms with Crippen LogP contribution in [0.4, 0.5) is 22.9 Å². The van der Waals surface area contributed by atoms with Crippen LogP contribution in [0.25, 0.3) is 0 Å². The zero-order valence-corrected chi connectivity index (χ0v) is 16.7. The van der Waals surface area contributed by atoms with E-state index in [1.165, 1.54) is 29.2 Å². The van der Waals surface area contributed by atoms with Gasteiger partial charge in [0.2, 0.25) is 0 Å². The van der Waals surface area contributed by atoms with E-state index in [9.17, 15) is 28.2 Å². The molecule has 0 fully saturated rings. The SMILES string of the molecule is CCCN(c1ccc(/N=N/c2ccc([N+](=O)[O-])cn2)c(O)c1)C(CC)S(=O)(=O)O. The van der Waals surface area contributed by atoms with Gasteiger partial charge in [0.15, 0.2) is 11.2 Å². The van der Waals surface area contributed by atoms with E-state index < -0.39 is 20.4 Å². The molecule has 12 heteroatoms. The summed E-state index contributed by atoms with van der Waals surface area (Å²) in [5.41, 5.74) is 0.322. The van der Waals surface area contributed by atoms with E-state index in [-0.39, 0.29) is 29.4 Å². The fourth-order valence-corrected chi connectivity index (χ4v) is 3.67. The minimum atomic E-state index is -4.32. The number of nitro groups is 1. The highest BCUT2D eigenvalue weighted by Gasteiger charge is 2.28. The third-order valence-electron chi connectivity index (χ3n) is 4.00. The van der Waals surface area contributed by atoms with Gasteiger partial charge in [0.1, 0.15) is 17.6 Å². The first-order valence-electron chi connectivity index (χ1n) is 8.75. The first-order valence-corrected chi connectivity index (χ1v) is 10.3. The number of anilines is 1. The van der Waals surface area contributed by atoms with Crippen LogP contribution in [0.15, 0.2) is 46.8 Å². The molecule has 1 aromatic carbocycles. The zero-order valence-electron chi connectivity index (χ0n) is 15.8. The van der Waals surface area contributed by atoms with Crippen molar-refractivity contribution in [3.05, 3.63) is 46.6 Å². The van der Waals surface area contributed by atoms with Crippen LogP contribution in [0.1, 0.15) is 26.7 Å². The summed E-state index contributed by atoms with van der Waals surface area (Å²) in [5, 5.41) is 27.4. The second-order valence-corrected chi connectivity index (χ2v) is 7.65. The van der Waals surface area contributed by atoms with Gasteiger partial charge in [-0.1, -0.05) is 13.8 Å². The molecule has 11 nitrogen and oxygen atoms in total. The van der Waals surface area contributed by atoms with Gasteiger partial charge in [-0.05, 0) is 31.0 Å². The Morgan fingerprint density at radius 2 is 1.97 bits per heavy atom. The molecule has 156 valence electrons. The number of benzene rings is 1. The van der Waals surface area contributed by atoms with Gasteiger partial charge in [-0.15, -0.1) is 10.2 Å². The normalized spacial score (nSPS) is 12.8. The second kappa shape index (κ2) is 9.39. The first kappa shape index (κ1) is 22.2. The molecule has 0 saturated carbocycles. The largest absolute Gasteiger partial charge is 0.506 e. The maximum absolute atomic E-state index is 11.7. The summed E-state index contributed by atoms with van der Waals surface area (Å²) >= 11 is 0. The number of azo groups is 1. The number of hydrogen-bond donors (Lipinski definition) is 2. The molecule has 1 atom stereocenters. The Morgan fingerprint density at radius 1 is 1.24 bits per heavy atom. The van der Waals surface area contributed by atoms with Crippen molar-refractivity contribution in [1.29, 1.82) is 0 Å². The summed E-state index contributed by atoms with van der Waals surface area (Å²) in [6, 6.07) is 6.88. The van der Waals surface area contributed by atoms with Gasteiger partial charge in [-0.25, -0.2) is 4.98 Å². The third kappa shape index (κ3) is 5.68. The summed E-state index contributed by atoms with van der Waals surface area (Å²) in [6.07, 6.45) is 1.83. The molecule has 0 amide bonds. The quantitative estimate of drug-likeness (QED) is 0.265. The number of aromatic hydroxyl groups is 1. The molecule has 0 aliphatic heterocycles. The topological polar surface area (TPSA) is 159 Å². The molecule has 2 rings (SSSR count). The Balaban J connectivity index is 2.29. The lowest BCUT2D eigenvalue weighted by molar-refractivity contribution is -0.385. The standard InChI is InChI=1S/C17H21N5O6S/c1-3-9-21(17(4-2)29(26,27)28)12-5-7-14(15(23)10-12)19-20-16-8-6-13(11-18-16)22(24)25/h5-8,10-11,17,23H,3-4,9H2,1-2H3,(H,26,27,28)/b20-19+. The maximum Gasteiger partial charge on any atom is 0.287 e. The molecule has 0 aliphatic carbocycles. The summed E-state index contributed by atoms with van der Waals surface area (Å²) in [5.74, 6) is -0.136. The van der Waals surface area contributed by atoms with E-state index in [0.717, 1.165) is 6.20 Å². The molecular weight excluding hydrogens is 402 g/mol. The fraction of sp³-hybridized carbons (Fsp3) is 0.353. The van der Waals surface area contributed by atoms with Crippen molar-refractivity contribution in [1.82, 2.24) is 4.98 Å². The van der Waals surface area contributed by atoms with Crippen LogP contribution in [0.5, 0.6) is 5.75 Å². The Hall–Kier alpha value is -3.12. The number of phenols is 1. The van der Waals surface area contributed by atoms with Crippen molar-refractivity contribution in [2.75, 3.05) is 11.4 Å². The van der Waals surface area contributed by atoms with E-state index in [0.29, 0.717) is 18.7 Å². The lowest BCUT2D eigenvalue weighted by Gasteiger charge is -2.30. The van der Waals surface area contributed by atoms with Crippen molar-refractivity contribution in [2.45, 2.75) is 32.1 Å². The minimum Gasteiger partial charge on any atom is -0.506 e. The predicted molar refractivity (Wildman–Crippen MR) is 106 cm³/mol. The van der Waals surface area contributed by atoms with Gasteiger partial charge < -0.3 is 10.0 Å². The molecule has 0 aliphatic rings. The Morgan fingerprint density at radius 3 is 2.45 bits per heavy atom. The van der Waals surface area contributed by atoms with Gasteiger partial charge in [0.05, 0.1) is 4.92 Å². The van der Waals surface area contributed by atoms with Crippen LogP contribution in [0.3, 0.4) is 0 Å². The van der Waals surface area contributed by atoms with E-state index in [1.54, 1.807) is 13.0 Å². The summed E-state index contributed by atoms with van der Waals surface area (Å²) in [4.78, 5) is 15.3. The van der Waals surface area contributed by atoms with Crippen LogP contribution in [0, 0.1) is 10.1 Å². The summed E-state index contributed by atoms with van der Waals surface area (Å²) in [6.45, 7) is 3.86. The molecule has 0 spiro atoms. The average Bonchev–Trinajstić information content (AvgIpc) is 2.66. The molecule has 0 radical (unpaired) electrons. The number of rotatable bonds is 9. The van der Waals surface area contributed by atoms with Gasteiger partial charge in [-0.3, -0.25) is 14.7 Å². The van der Waals surface area contributed by atoms with E-state index >= 15 is 0 Å². The van der Waals surface area contributed by atoms with E-state index in [2.05, 4.69) is 15.2 Å². The fourth-order valence-electron chi connectivity index (χ4n) is 2.70. The van der Waals surface area contributed by atoms with Gasteiger partial charge in [0, 0.05) is 24.4 Å². The van der Waals surface area contributed by atoms with Crippen LogP contribution in [-0.4, -0.2) is 39.9 Å². The summed E-state index contributed by atoms with van der Waals surface area (Å²) < 4.78 is 32.9. The Labute approximate surface area is 167 Å². The van der Waals surface area contributed by atoms with Crippen LogP contribution in [-0.2, 0) is 10.1 Å². The third-order valence-corrected chi connectivity index (χ3v) is 5.27. The second-order valence-electron chi connectivity index (χ2n) is 6.08. The lowest BCUT2D eigenvalue weighted by atomic mass is 10.2. The molecule has 2 N–H and O–H groups in total. The Kier molecular flexibility index (Phi) is 7.18. The van der Waals surface area contributed by atoms with Crippen LogP contribution in [0.2, 0.25) is 0 Å².